The number of anilines is 1. The number of nitrogens with two attached hydrogens (primary N) is 1. The van der Waals surface area contributed by atoms with Crippen molar-refractivity contribution in [2.75, 3.05) is 59.1 Å². The van der Waals surface area contributed by atoms with Crippen molar-refractivity contribution in [3.8, 4) is 0 Å². The molecule has 0 spiro atoms. The second kappa shape index (κ2) is 6.91. The SMILES string of the molecule is Cc1cc(N)ccc1C(=O)N1CCN(CCN(C)C)CC1. The van der Waals surface area contributed by atoms with Crippen molar-refractivity contribution >= 4 is 11.6 Å². The van der Waals surface area contributed by atoms with Crippen LogP contribution in [0.1, 0.15) is 15.9 Å². The molecule has 1 aromatic carbocycles. The van der Waals surface area contributed by atoms with Crippen molar-refractivity contribution in [2.24, 2.45) is 0 Å². The van der Waals surface area contributed by atoms with E-state index in [1.54, 1.807) is 6.07 Å². The van der Waals surface area contributed by atoms with Gasteiger partial charge in [-0.1, -0.05) is 0 Å². The number of hydrogen-bond donors (Lipinski definition) is 1. The van der Waals surface area contributed by atoms with Crippen LogP contribution < -0.4 is 5.73 Å². The number of aryl methyl sites for hydroxylation is 1. The lowest BCUT2D eigenvalue weighted by atomic mass is 10.1. The molecule has 1 aliphatic heterocycles. The Kier molecular flexibility index (Phi) is 5.20. The molecule has 0 radical (unpaired) electrons. The van der Waals surface area contributed by atoms with Crippen LogP contribution in [0.2, 0.25) is 0 Å². The van der Waals surface area contributed by atoms with Crippen LogP contribution in [0.4, 0.5) is 5.69 Å². The Labute approximate surface area is 127 Å². The molecule has 1 heterocycles. The van der Waals surface area contributed by atoms with Gasteiger partial charge in [-0.25, -0.2) is 0 Å². The number of rotatable bonds is 4. The van der Waals surface area contributed by atoms with Crippen molar-refractivity contribution in [1.82, 2.24) is 14.7 Å². The van der Waals surface area contributed by atoms with E-state index >= 15 is 0 Å². The van der Waals surface area contributed by atoms with Gasteiger partial charge in [0.1, 0.15) is 0 Å². The van der Waals surface area contributed by atoms with E-state index in [4.69, 9.17) is 5.73 Å². The summed E-state index contributed by atoms with van der Waals surface area (Å²) in [5, 5.41) is 0. The first-order valence-corrected chi connectivity index (χ1v) is 7.50. The third-order valence-corrected chi connectivity index (χ3v) is 4.00. The molecule has 5 heteroatoms. The van der Waals surface area contributed by atoms with Gasteiger partial charge in [0.25, 0.3) is 5.91 Å². The van der Waals surface area contributed by atoms with Gasteiger partial charge in [-0.3, -0.25) is 9.69 Å². The van der Waals surface area contributed by atoms with Crippen LogP contribution in [-0.4, -0.2) is 74.0 Å². The molecule has 0 aromatic heterocycles. The van der Waals surface area contributed by atoms with E-state index < -0.39 is 0 Å². The Morgan fingerprint density at radius 2 is 1.90 bits per heavy atom. The number of hydrogen-bond acceptors (Lipinski definition) is 4. The van der Waals surface area contributed by atoms with Gasteiger partial charge in [0, 0.05) is 50.5 Å². The maximum absolute atomic E-state index is 12.6. The third-order valence-electron chi connectivity index (χ3n) is 4.00. The van der Waals surface area contributed by atoms with E-state index in [1.165, 1.54) is 0 Å². The quantitative estimate of drug-likeness (QED) is 0.837. The normalized spacial score (nSPS) is 16.5. The summed E-state index contributed by atoms with van der Waals surface area (Å²) in [7, 11) is 4.17. The number of nitrogen functional groups attached to an aromatic ring is 1. The number of amides is 1. The first-order chi connectivity index (χ1) is 9.97. The number of nitrogens with zero attached hydrogens (tertiary/aromatic N) is 3. The zero-order valence-corrected chi connectivity index (χ0v) is 13.3. The molecule has 1 aliphatic rings. The number of carbonyl (C=O) groups excluding carboxylic acids is 1. The van der Waals surface area contributed by atoms with Gasteiger partial charge in [0.05, 0.1) is 0 Å². The predicted octanol–water partition coefficient (Wildman–Crippen LogP) is 0.897. The summed E-state index contributed by atoms with van der Waals surface area (Å²) in [6, 6.07) is 5.50. The van der Waals surface area contributed by atoms with E-state index in [-0.39, 0.29) is 5.91 Å². The Balaban J connectivity index is 1.91. The number of benzene rings is 1. The molecule has 1 amide bonds. The largest absolute Gasteiger partial charge is 0.399 e. The van der Waals surface area contributed by atoms with Gasteiger partial charge in [0.15, 0.2) is 0 Å². The second-order valence-electron chi connectivity index (χ2n) is 6.01. The summed E-state index contributed by atoms with van der Waals surface area (Å²) in [5.41, 5.74) is 8.18. The highest BCUT2D eigenvalue weighted by Crippen LogP contribution is 2.16. The molecule has 2 rings (SSSR count). The molecule has 2 N–H and O–H groups in total. The fraction of sp³-hybridized carbons (Fsp3) is 0.562. The third kappa shape index (κ3) is 4.19. The molecule has 0 bridgehead atoms. The van der Waals surface area contributed by atoms with Crippen LogP contribution in [0.15, 0.2) is 18.2 Å². The molecule has 116 valence electrons. The van der Waals surface area contributed by atoms with Crippen LogP contribution >= 0.6 is 0 Å². The minimum atomic E-state index is 0.125. The molecule has 1 fully saturated rings. The molecule has 1 aromatic rings. The standard InChI is InChI=1S/C16H26N4O/c1-13-12-14(17)4-5-15(13)16(21)20-10-8-19(9-11-20)7-6-18(2)3/h4-5,12H,6-11,17H2,1-3H3. The number of carbonyl (C=O) groups is 1. The smallest absolute Gasteiger partial charge is 0.254 e. The summed E-state index contributed by atoms with van der Waals surface area (Å²) in [6.45, 7) is 7.57. The molecular weight excluding hydrogens is 264 g/mol. The summed E-state index contributed by atoms with van der Waals surface area (Å²) in [5.74, 6) is 0.125. The zero-order valence-electron chi connectivity index (χ0n) is 13.3. The van der Waals surface area contributed by atoms with Crippen molar-refractivity contribution in [3.63, 3.8) is 0 Å². The predicted molar refractivity (Wildman–Crippen MR) is 86.5 cm³/mol. The van der Waals surface area contributed by atoms with Crippen LogP contribution in [-0.2, 0) is 0 Å². The first kappa shape index (κ1) is 15.8. The van der Waals surface area contributed by atoms with E-state index in [0.717, 1.165) is 50.4 Å². The Morgan fingerprint density at radius 3 is 2.48 bits per heavy atom. The molecule has 0 atom stereocenters. The van der Waals surface area contributed by atoms with E-state index in [0.29, 0.717) is 5.69 Å². The highest BCUT2D eigenvalue weighted by Gasteiger charge is 2.22. The molecule has 5 nitrogen and oxygen atoms in total. The molecule has 21 heavy (non-hydrogen) atoms. The zero-order chi connectivity index (χ0) is 15.4. The number of piperazine rings is 1. The van der Waals surface area contributed by atoms with Gasteiger partial charge in [-0.05, 0) is 44.8 Å². The van der Waals surface area contributed by atoms with Crippen molar-refractivity contribution in [2.45, 2.75) is 6.92 Å². The van der Waals surface area contributed by atoms with Crippen LogP contribution in [0, 0.1) is 6.92 Å². The van der Waals surface area contributed by atoms with E-state index in [2.05, 4.69) is 23.9 Å². The minimum Gasteiger partial charge on any atom is -0.399 e. The van der Waals surface area contributed by atoms with Crippen LogP contribution in [0.5, 0.6) is 0 Å². The van der Waals surface area contributed by atoms with Crippen molar-refractivity contribution < 1.29 is 4.79 Å². The van der Waals surface area contributed by atoms with Gasteiger partial charge >= 0.3 is 0 Å². The summed E-state index contributed by atoms with van der Waals surface area (Å²) in [4.78, 5) is 19.1. The van der Waals surface area contributed by atoms with Crippen LogP contribution in [0.3, 0.4) is 0 Å². The summed E-state index contributed by atoms with van der Waals surface area (Å²) >= 11 is 0. The Morgan fingerprint density at radius 1 is 1.24 bits per heavy atom. The summed E-state index contributed by atoms with van der Waals surface area (Å²) in [6.07, 6.45) is 0. The van der Waals surface area contributed by atoms with Gasteiger partial charge in [0.2, 0.25) is 0 Å². The van der Waals surface area contributed by atoms with Gasteiger partial charge in [-0.15, -0.1) is 0 Å². The fourth-order valence-electron chi connectivity index (χ4n) is 2.61. The maximum atomic E-state index is 12.6. The number of likely N-dealkylation sites (N-methyl/N-ethyl adjacent to an activating group) is 1. The average Bonchev–Trinajstić information content (AvgIpc) is 2.45. The Hall–Kier alpha value is -1.59. The molecular formula is C16H26N4O. The maximum Gasteiger partial charge on any atom is 0.254 e. The van der Waals surface area contributed by atoms with E-state index in [1.807, 2.05) is 24.0 Å². The van der Waals surface area contributed by atoms with E-state index in [9.17, 15) is 4.79 Å². The van der Waals surface area contributed by atoms with Gasteiger partial charge in [-0.2, -0.15) is 0 Å². The monoisotopic (exact) mass is 290 g/mol. The topological polar surface area (TPSA) is 52.8 Å². The molecule has 0 saturated carbocycles. The van der Waals surface area contributed by atoms with Gasteiger partial charge < -0.3 is 15.5 Å². The minimum absolute atomic E-state index is 0.125. The Bertz CT molecular complexity index is 493. The molecule has 0 unspecified atom stereocenters. The first-order valence-electron chi connectivity index (χ1n) is 7.50. The van der Waals surface area contributed by atoms with Crippen LogP contribution in [0.25, 0.3) is 0 Å². The lowest BCUT2D eigenvalue weighted by Gasteiger charge is -2.35. The highest BCUT2D eigenvalue weighted by atomic mass is 16.2. The van der Waals surface area contributed by atoms with Crippen molar-refractivity contribution in [1.29, 1.82) is 0 Å². The lowest BCUT2D eigenvalue weighted by molar-refractivity contribution is 0.0629. The lowest BCUT2D eigenvalue weighted by Crippen LogP contribution is -2.50. The average molecular weight is 290 g/mol. The summed E-state index contributed by atoms with van der Waals surface area (Å²) < 4.78 is 0. The highest BCUT2D eigenvalue weighted by molar-refractivity contribution is 5.96. The molecule has 0 aliphatic carbocycles. The second-order valence-corrected chi connectivity index (χ2v) is 6.01. The fourth-order valence-corrected chi connectivity index (χ4v) is 2.61. The molecule has 1 saturated heterocycles. The van der Waals surface area contributed by atoms with Crippen molar-refractivity contribution in [3.05, 3.63) is 29.3 Å².